The Hall–Kier alpha value is -2.13. The maximum atomic E-state index is 12.8. The zero-order valence-electron chi connectivity index (χ0n) is 16.2. The van der Waals surface area contributed by atoms with Gasteiger partial charge in [-0.1, -0.05) is 49.4 Å². The van der Waals surface area contributed by atoms with E-state index in [9.17, 15) is 4.79 Å². The molecule has 2 aromatic carbocycles. The Kier molecular flexibility index (Phi) is 5.77. The Balaban J connectivity index is 1.61. The summed E-state index contributed by atoms with van der Waals surface area (Å²) in [5.74, 6) is 0.809. The number of rotatable bonds is 5. The van der Waals surface area contributed by atoms with E-state index in [-0.39, 0.29) is 5.91 Å². The summed E-state index contributed by atoms with van der Waals surface area (Å²) in [6, 6.07) is 18.2. The number of amides is 1. The van der Waals surface area contributed by atoms with Crippen molar-refractivity contribution in [3.63, 3.8) is 0 Å². The Morgan fingerprint density at radius 3 is 2.46 bits per heavy atom. The summed E-state index contributed by atoms with van der Waals surface area (Å²) in [7, 11) is 0. The largest absolute Gasteiger partial charge is 0.325 e. The predicted molar refractivity (Wildman–Crippen MR) is 108 cm³/mol. The van der Waals surface area contributed by atoms with Crippen molar-refractivity contribution in [1.82, 2.24) is 4.90 Å². The van der Waals surface area contributed by atoms with Crippen molar-refractivity contribution in [3.8, 4) is 0 Å². The number of likely N-dealkylation sites (tertiary alicyclic amines) is 1. The van der Waals surface area contributed by atoms with E-state index in [0.29, 0.717) is 0 Å². The van der Waals surface area contributed by atoms with Crippen LogP contribution in [0.1, 0.15) is 44.7 Å². The Labute approximate surface area is 157 Å². The normalized spacial score (nSPS) is 18.5. The number of carbonyl (C=O) groups excluding carboxylic acids is 1. The zero-order valence-corrected chi connectivity index (χ0v) is 16.2. The number of benzene rings is 2. The quantitative estimate of drug-likeness (QED) is 0.837. The van der Waals surface area contributed by atoms with Gasteiger partial charge in [-0.25, -0.2) is 0 Å². The number of nitrogens with one attached hydrogen (secondary N) is 1. The van der Waals surface area contributed by atoms with E-state index in [1.54, 1.807) is 0 Å². The number of carbonyl (C=O) groups is 1. The summed E-state index contributed by atoms with van der Waals surface area (Å²) in [5.41, 5.74) is 2.62. The molecule has 0 spiro atoms. The van der Waals surface area contributed by atoms with Gasteiger partial charge in [0.05, 0.1) is 5.41 Å². The lowest BCUT2D eigenvalue weighted by Crippen LogP contribution is -2.34. The lowest BCUT2D eigenvalue weighted by atomic mass is 9.83. The Morgan fingerprint density at radius 2 is 1.81 bits per heavy atom. The standard InChI is InChI=1S/C23H30N2O/c1-18-8-7-15-25(16-18)17-19-11-13-21(14-12-19)24-22(26)23(2,3)20-9-5-4-6-10-20/h4-6,9-14,18H,7-8,15-17H2,1-3H3,(H,24,26). The molecule has 1 fully saturated rings. The van der Waals surface area contributed by atoms with Gasteiger partial charge in [0, 0.05) is 18.8 Å². The van der Waals surface area contributed by atoms with Gasteiger partial charge in [0.1, 0.15) is 0 Å². The molecule has 0 radical (unpaired) electrons. The van der Waals surface area contributed by atoms with Crippen LogP contribution in [0, 0.1) is 5.92 Å². The summed E-state index contributed by atoms with van der Waals surface area (Å²) in [6.07, 6.45) is 2.64. The fourth-order valence-corrected chi connectivity index (χ4v) is 3.66. The van der Waals surface area contributed by atoms with Crippen LogP contribution in [0.5, 0.6) is 0 Å². The molecule has 3 nitrogen and oxygen atoms in total. The highest BCUT2D eigenvalue weighted by molar-refractivity contribution is 5.98. The van der Waals surface area contributed by atoms with Crippen LogP contribution in [0.15, 0.2) is 54.6 Å². The first-order valence-corrected chi connectivity index (χ1v) is 9.63. The van der Waals surface area contributed by atoms with Gasteiger partial charge in [0.2, 0.25) is 5.91 Å². The molecule has 1 N–H and O–H groups in total. The van der Waals surface area contributed by atoms with Crippen molar-refractivity contribution in [1.29, 1.82) is 0 Å². The number of anilines is 1. The molecule has 1 atom stereocenters. The molecule has 0 saturated carbocycles. The molecule has 0 aliphatic carbocycles. The van der Waals surface area contributed by atoms with Gasteiger partial charge in [-0.15, -0.1) is 0 Å². The third kappa shape index (κ3) is 4.53. The van der Waals surface area contributed by atoms with Crippen LogP contribution in [0.4, 0.5) is 5.69 Å². The van der Waals surface area contributed by atoms with E-state index in [4.69, 9.17) is 0 Å². The predicted octanol–water partition coefficient (Wildman–Crippen LogP) is 4.83. The maximum absolute atomic E-state index is 12.8. The summed E-state index contributed by atoms with van der Waals surface area (Å²) >= 11 is 0. The molecule has 26 heavy (non-hydrogen) atoms. The van der Waals surface area contributed by atoms with Crippen LogP contribution in [-0.4, -0.2) is 23.9 Å². The maximum Gasteiger partial charge on any atom is 0.234 e. The Bertz CT molecular complexity index is 722. The first kappa shape index (κ1) is 18.7. The van der Waals surface area contributed by atoms with Crippen molar-refractivity contribution in [2.75, 3.05) is 18.4 Å². The fraction of sp³-hybridized carbons (Fsp3) is 0.435. The molecule has 1 saturated heterocycles. The Morgan fingerprint density at radius 1 is 1.12 bits per heavy atom. The molecule has 3 heteroatoms. The highest BCUT2D eigenvalue weighted by atomic mass is 16.2. The topological polar surface area (TPSA) is 32.3 Å². The highest BCUT2D eigenvalue weighted by Crippen LogP contribution is 2.25. The summed E-state index contributed by atoms with van der Waals surface area (Å²) in [5, 5.41) is 3.07. The third-order valence-electron chi connectivity index (χ3n) is 5.42. The molecule has 1 aliphatic heterocycles. The monoisotopic (exact) mass is 350 g/mol. The van der Waals surface area contributed by atoms with Crippen molar-refractivity contribution in [2.24, 2.45) is 5.92 Å². The minimum Gasteiger partial charge on any atom is -0.325 e. The van der Waals surface area contributed by atoms with Crippen molar-refractivity contribution < 1.29 is 4.79 Å². The second kappa shape index (κ2) is 8.05. The second-order valence-corrected chi connectivity index (χ2v) is 8.12. The minimum atomic E-state index is -0.566. The van der Waals surface area contributed by atoms with Crippen LogP contribution in [0.25, 0.3) is 0 Å². The van der Waals surface area contributed by atoms with Crippen LogP contribution in [0.2, 0.25) is 0 Å². The van der Waals surface area contributed by atoms with E-state index in [1.807, 2.05) is 56.3 Å². The van der Waals surface area contributed by atoms with Crippen molar-refractivity contribution in [3.05, 3.63) is 65.7 Å². The van der Waals surface area contributed by atoms with Crippen LogP contribution >= 0.6 is 0 Å². The molecule has 1 unspecified atom stereocenters. The number of nitrogens with zero attached hydrogens (tertiary/aromatic N) is 1. The molecule has 0 bridgehead atoms. The number of hydrogen-bond donors (Lipinski definition) is 1. The molecule has 0 aromatic heterocycles. The second-order valence-electron chi connectivity index (χ2n) is 8.12. The molecular weight excluding hydrogens is 320 g/mol. The molecule has 3 rings (SSSR count). The zero-order chi connectivity index (χ0) is 18.6. The summed E-state index contributed by atoms with van der Waals surface area (Å²) in [4.78, 5) is 15.3. The van der Waals surface area contributed by atoms with Gasteiger partial charge < -0.3 is 5.32 Å². The first-order chi connectivity index (χ1) is 12.4. The summed E-state index contributed by atoms with van der Waals surface area (Å²) in [6.45, 7) is 9.62. The summed E-state index contributed by atoms with van der Waals surface area (Å²) < 4.78 is 0. The SMILES string of the molecule is CC1CCCN(Cc2ccc(NC(=O)C(C)(C)c3ccccc3)cc2)C1. The molecule has 1 amide bonds. The minimum absolute atomic E-state index is 0.0151. The third-order valence-corrected chi connectivity index (χ3v) is 5.42. The van der Waals surface area contributed by atoms with E-state index in [1.165, 1.54) is 31.5 Å². The average molecular weight is 351 g/mol. The van der Waals surface area contributed by atoms with Gasteiger partial charge >= 0.3 is 0 Å². The smallest absolute Gasteiger partial charge is 0.234 e. The molecule has 1 heterocycles. The van der Waals surface area contributed by atoms with Gasteiger partial charge in [-0.2, -0.15) is 0 Å². The van der Waals surface area contributed by atoms with Crippen molar-refractivity contribution >= 4 is 11.6 Å². The molecule has 1 aliphatic rings. The highest BCUT2D eigenvalue weighted by Gasteiger charge is 2.29. The van der Waals surface area contributed by atoms with E-state index < -0.39 is 5.41 Å². The van der Waals surface area contributed by atoms with Gasteiger partial charge in [0.25, 0.3) is 0 Å². The van der Waals surface area contributed by atoms with Crippen molar-refractivity contribution in [2.45, 2.75) is 45.6 Å². The van der Waals surface area contributed by atoms with E-state index in [2.05, 4.69) is 29.3 Å². The van der Waals surface area contributed by atoms with E-state index >= 15 is 0 Å². The number of hydrogen-bond acceptors (Lipinski definition) is 2. The van der Waals surface area contributed by atoms with Gasteiger partial charge in [0.15, 0.2) is 0 Å². The van der Waals surface area contributed by atoms with Gasteiger partial charge in [-0.3, -0.25) is 9.69 Å². The number of piperidine rings is 1. The first-order valence-electron chi connectivity index (χ1n) is 9.63. The lowest BCUT2D eigenvalue weighted by Gasteiger charge is -2.30. The van der Waals surface area contributed by atoms with E-state index in [0.717, 1.165) is 23.7 Å². The van der Waals surface area contributed by atoms with Gasteiger partial charge in [-0.05, 0) is 62.4 Å². The van der Waals surface area contributed by atoms with Crippen LogP contribution in [0.3, 0.4) is 0 Å². The van der Waals surface area contributed by atoms with Crippen LogP contribution < -0.4 is 5.32 Å². The van der Waals surface area contributed by atoms with Crippen LogP contribution in [-0.2, 0) is 16.8 Å². The lowest BCUT2D eigenvalue weighted by molar-refractivity contribution is -0.120. The molecule has 138 valence electrons. The fourth-order valence-electron chi connectivity index (χ4n) is 3.66. The average Bonchev–Trinajstić information content (AvgIpc) is 2.64. The molecular formula is C23H30N2O. The molecule has 2 aromatic rings.